The highest BCUT2D eigenvalue weighted by Crippen LogP contribution is 2.27. The number of rotatable bonds is 1. The van der Waals surface area contributed by atoms with Crippen LogP contribution >= 0.6 is 12.2 Å². The quantitative estimate of drug-likeness (QED) is 0.736. The maximum atomic E-state index is 13.8. The molecule has 5 heteroatoms. The Labute approximate surface area is 114 Å². The summed E-state index contributed by atoms with van der Waals surface area (Å²) in [5, 5.41) is 0.0706. The highest BCUT2D eigenvalue weighted by atomic mass is 32.1. The van der Waals surface area contributed by atoms with Crippen molar-refractivity contribution in [3.8, 4) is 0 Å². The molecule has 1 amide bonds. The molecule has 0 saturated heterocycles. The molecular formula is C14H9FN2OS. The van der Waals surface area contributed by atoms with E-state index in [-0.39, 0.29) is 16.7 Å². The van der Waals surface area contributed by atoms with Gasteiger partial charge in [-0.05, 0) is 30.4 Å². The lowest BCUT2D eigenvalue weighted by Gasteiger charge is -2.30. The number of carbonyl (C=O) groups excluding carboxylic acids is 1. The van der Waals surface area contributed by atoms with E-state index in [1.165, 1.54) is 12.1 Å². The normalized spacial score (nSPS) is 21.4. The lowest BCUT2D eigenvalue weighted by Crippen LogP contribution is -2.46. The van der Waals surface area contributed by atoms with Crippen molar-refractivity contribution in [2.24, 2.45) is 10.9 Å². The molecule has 3 nitrogen and oxygen atoms in total. The summed E-state index contributed by atoms with van der Waals surface area (Å²) in [6.07, 6.45) is 7.05. The molecule has 1 unspecified atom stereocenters. The number of allylic oxidation sites excluding steroid dienone is 3. The first kappa shape index (κ1) is 11.9. The third-order valence-electron chi connectivity index (χ3n) is 3.00. The fourth-order valence-corrected chi connectivity index (χ4v) is 2.39. The zero-order valence-electron chi connectivity index (χ0n) is 9.79. The number of carbonyl (C=O) groups is 1. The number of fused-ring (bicyclic) bond motifs is 1. The Kier molecular flexibility index (Phi) is 2.83. The van der Waals surface area contributed by atoms with Crippen LogP contribution in [0.25, 0.3) is 0 Å². The first-order chi connectivity index (χ1) is 9.18. The van der Waals surface area contributed by atoms with Gasteiger partial charge in [0.15, 0.2) is 0 Å². The molecule has 3 rings (SSSR count). The number of anilines is 1. The number of nitrogens with zero attached hydrogens (tertiary/aromatic N) is 2. The second-order valence-electron chi connectivity index (χ2n) is 4.17. The molecule has 1 atom stereocenters. The van der Waals surface area contributed by atoms with Crippen LogP contribution in [0.5, 0.6) is 0 Å². The minimum Gasteiger partial charge on any atom is -0.273 e. The Bertz CT molecular complexity index is 663. The van der Waals surface area contributed by atoms with Crippen LogP contribution in [-0.2, 0) is 4.79 Å². The molecule has 0 aromatic heterocycles. The molecule has 0 spiro atoms. The summed E-state index contributed by atoms with van der Waals surface area (Å²) in [6, 6.07) is 6.03. The maximum Gasteiger partial charge on any atom is 0.246 e. The van der Waals surface area contributed by atoms with Crippen molar-refractivity contribution in [2.45, 2.75) is 0 Å². The van der Waals surface area contributed by atoms with Crippen molar-refractivity contribution < 1.29 is 9.18 Å². The third kappa shape index (κ3) is 1.92. The zero-order chi connectivity index (χ0) is 13.4. The molecule has 1 aliphatic carbocycles. The summed E-state index contributed by atoms with van der Waals surface area (Å²) in [5.41, 5.74) is 0.744. The van der Waals surface area contributed by atoms with Gasteiger partial charge in [0.2, 0.25) is 11.0 Å². The van der Waals surface area contributed by atoms with Crippen molar-refractivity contribution in [3.63, 3.8) is 0 Å². The van der Waals surface area contributed by atoms with E-state index in [0.717, 1.165) is 4.90 Å². The minimum absolute atomic E-state index is 0.0706. The van der Waals surface area contributed by atoms with Gasteiger partial charge in [0.1, 0.15) is 5.82 Å². The van der Waals surface area contributed by atoms with Gasteiger partial charge < -0.3 is 0 Å². The van der Waals surface area contributed by atoms with Gasteiger partial charge in [-0.25, -0.2) is 9.38 Å². The topological polar surface area (TPSA) is 32.7 Å². The van der Waals surface area contributed by atoms with Crippen LogP contribution in [0, 0.1) is 11.7 Å². The first-order valence-corrected chi connectivity index (χ1v) is 6.15. The van der Waals surface area contributed by atoms with E-state index < -0.39 is 11.7 Å². The van der Waals surface area contributed by atoms with Gasteiger partial charge in [-0.3, -0.25) is 9.69 Å². The molecule has 1 heterocycles. The molecule has 0 radical (unpaired) electrons. The van der Waals surface area contributed by atoms with Crippen molar-refractivity contribution in [3.05, 3.63) is 54.4 Å². The fourth-order valence-electron chi connectivity index (χ4n) is 2.10. The van der Waals surface area contributed by atoms with E-state index in [4.69, 9.17) is 12.2 Å². The summed E-state index contributed by atoms with van der Waals surface area (Å²) in [7, 11) is 0. The number of para-hydroxylation sites is 1. The van der Waals surface area contributed by atoms with Crippen LogP contribution in [0.15, 0.2) is 53.6 Å². The van der Waals surface area contributed by atoms with Crippen molar-refractivity contribution in [1.29, 1.82) is 0 Å². The smallest absolute Gasteiger partial charge is 0.246 e. The Morgan fingerprint density at radius 3 is 2.84 bits per heavy atom. The van der Waals surface area contributed by atoms with Gasteiger partial charge in [-0.2, -0.15) is 0 Å². The van der Waals surface area contributed by atoms with Crippen LogP contribution < -0.4 is 4.90 Å². The van der Waals surface area contributed by atoms with Gasteiger partial charge in [0, 0.05) is 0 Å². The van der Waals surface area contributed by atoms with E-state index in [9.17, 15) is 9.18 Å². The van der Waals surface area contributed by atoms with Crippen molar-refractivity contribution in [2.75, 3.05) is 4.90 Å². The van der Waals surface area contributed by atoms with E-state index in [2.05, 4.69) is 4.99 Å². The lowest BCUT2D eigenvalue weighted by molar-refractivity contribution is -0.118. The molecule has 0 N–H and O–H groups in total. The largest absolute Gasteiger partial charge is 0.273 e. The lowest BCUT2D eigenvalue weighted by atomic mass is 9.95. The molecule has 19 heavy (non-hydrogen) atoms. The van der Waals surface area contributed by atoms with Crippen LogP contribution in [0.3, 0.4) is 0 Å². The summed E-state index contributed by atoms with van der Waals surface area (Å²) in [6.45, 7) is 0. The average molecular weight is 272 g/mol. The van der Waals surface area contributed by atoms with E-state index in [1.54, 1.807) is 36.4 Å². The predicted octanol–water partition coefficient (Wildman–Crippen LogP) is 2.64. The summed E-state index contributed by atoms with van der Waals surface area (Å²) >= 11 is 5.11. The second kappa shape index (κ2) is 4.51. The fraction of sp³-hybridized carbons (Fsp3) is 0.0714. The number of amides is 1. The molecular weight excluding hydrogens is 263 g/mol. The summed E-state index contributed by atoms with van der Waals surface area (Å²) < 4.78 is 13.8. The molecule has 0 fully saturated rings. The second-order valence-corrected chi connectivity index (χ2v) is 4.53. The molecule has 0 bridgehead atoms. The highest BCUT2D eigenvalue weighted by molar-refractivity contribution is 7.80. The van der Waals surface area contributed by atoms with Gasteiger partial charge in [0.25, 0.3) is 0 Å². The van der Waals surface area contributed by atoms with Crippen LogP contribution in [0.2, 0.25) is 0 Å². The SMILES string of the molecule is O=C1C2C=CC=CC2=NC(=S)N1c1ccccc1F. The van der Waals surface area contributed by atoms with E-state index >= 15 is 0 Å². The Hall–Kier alpha value is -2.14. The Balaban J connectivity index is 2.09. The molecule has 1 aromatic carbocycles. The first-order valence-electron chi connectivity index (χ1n) is 5.74. The van der Waals surface area contributed by atoms with Crippen LogP contribution in [0.4, 0.5) is 10.1 Å². The van der Waals surface area contributed by atoms with Crippen molar-refractivity contribution >= 4 is 34.6 Å². The number of thiocarbonyl (C=S) groups is 1. The third-order valence-corrected chi connectivity index (χ3v) is 3.27. The summed E-state index contributed by atoms with van der Waals surface area (Å²) in [4.78, 5) is 17.8. The number of aliphatic imine (C=N–C) groups is 1. The number of hydrogen-bond acceptors (Lipinski definition) is 2. The van der Waals surface area contributed by atoms with Crippen LogP contribution in [-0.4, -0.2) is 16.7 Å². The molecule has 0 saturated carbocycles. The molecule has 1 aliphatic heterocycles. The minimum atomic E-state index is -0.493. The van der Waals surface area contributed by atoms with E-state index in [1.807, 2.05) is 0 Å². The van der Waals surface area contributed by atoms with Gasteiger partial charge in [-0.1, -0.05) is 30.4 Å². The maximum absolute atomic E-state index is 13.8. The predicted molar refractivity (Wildman–Crippen MR) is 75.7 cm³/mol. The van der Waals surface area contributed by atoms with Crippen LogP contribution in [0.1, 0.15) is 0 Å². The highest BCUT2D eigenvalue weighted by Gasteiger charge is 2.35. The molecule has 1 aromatic rings. The molecule has 2 aliphatic rings. The number of hydrogen-bond donors (Lipinski definition) is 0. The van der Waals surface area contributed by atoms with Gasteiger partial charge in [-0.15, -0.1) is 0 Å². The van der Waals surface area contributed by atoms with E-state index in [0.29, 0.717) is 5.71 Å². The number of benzene rings is 1. The van der Waals surface area contributed by atoms with Gasteiger partial charge >= 0.3 is 0 Å². The Morgan fingerprint density at radius 1 is 1.26 bits per heavy atom. The van der Waals surface area contributed by atoms with Gasteiger partial charge in [0.05, 0.1) is 17.3 Å². The molecule has 94 valence electrons. The monoisotopic (exact) mass is 272 g/mol. The summed E-state index contributed by atoms with van der Waals surface area (Å²) in [5.74, 6) is -1.26. The standard InChI is InChI=1S/C14H9FN2OS/c15-10-6-2-4-8-12(10)17-13(18)9-5-1-3-7-11(9)16-14(17)19/h1-9H. The zero-order valence-corrected chi connectivity index (χ0v) is 10.6. The average Bonchev–Trinajstić information content (AvgIpc) is 2.41. The number of halogens is 1. The van der Waals surface area contributed by atoms with Crippen molar-refractivity contribution in [1.82, 2.24) is 0 Å². The Morgan fingerprint density at radius 2 is 2.05 bits per heavy atom.